The monoisotopic (exact) mass is 1080 g/mol. The van der Waals surface area contributed by atoms with Gasteiger partial charge in [0.15, 0.2) is 17.7 Å². The van der Waals surface area contributed by atoms with Gasteiger partial charge in [-0.25, -0.2) is 0 Å². The molecule has 4 aromatic carbocycles. The second-order valence-corrected chi connectivity index (χ2v) is 23.8. The van der Waals surface area contributed by atoms with Crippen LogP contribution in [-0.4, -0.2) is 113 Å². The van der Waals surface area contributed by atoms with Crippen molar-refractivity contribution in [3.8, 4) is 45.6 Å². The van der Waals surface area contributed by atoms with Crippen LogP contribution in [0.25, 0.3) is 11.1 Å². The van der Waals surface area contributed by atoms with Crippen LogP contribution < -0.4 is 34.3 Å². The molecule has 79 heavy (non-hydrogen) atoms. The van der Waals surface area contributed by atoms with Crippen molar-refractivity contribution < 1.29 is 63.9 Å². The molecule has 8 N–H and O–H groups in total. The molecule has 3 fully saturated rings. The highest BCUT2D eigenvalue weighted by Gasteiger charge is 2.65. The maximum atomic E-state index is 14.0. The molecule has 0 saturated heterocycles. The van der Waals surface area contributed by atoms with E-state index in [9.17, 15) is 40.2 Å². The summed E-state index contributed by atoms with van der Waals surface area (Å²) < 4.78 is 31.5. The second kappa shape index (κ2) is 21.5. The fourth-order valence-electron chi connectivity index (χ4n) is 17.1. The average molecular weight is 1080 g/mol. The van der Waals surface area contributed by atoms with Crippen molar-refractivity contribution in [2.75, 3.05) is 65.8 Å². The molecule has 16 nitrogen and oxygen atoms in total. The van der Waals surface area contributed by atoms with Crippen LogP contribution in [0.1, 0.15) is 141 Å². The van der Waals surface area contributed by atoms with Crippen LogP contribution >= 0.6 is 0 Å². The Kier molecular flexibility index (Phi) is 14.7. The molecule has 11 atom stereocenters. The van der Waals surface area contributed by atoms with Crippen LogP contribution in [0, 0.1) is 35.5 Å². The van der Waals surface area contributed by atoms with E-state index in [2.05, 4.69) is 34.9 Å². The number of anilines is 1. The molecule has 0 spiro atoms. The number of aliphatic hydroxyl groups is 5. The number of hydrogen-bond acceptors (Lipinski definition) is 15. The van der Waals surface area contributed by atoms with Gasteiger partial charge in [-0.05, 0) is 141 Å². The normalized spacial score (nSPS) is 28.4. The highest BCUT2D eigenvalue weighted by Crippen LogP contribution is 2.69. The Morgan fingerprint density at radius 3 is 2.34 bits per heavy atom. The minimum atomic E-state index is -1.08. The summed E-state index contributed by atoms with van der Waals surface area (Å²) in [6.07, 6.45) is 10.3. The van der Waals surface area contributed by atoms with E-state index in [0.717, 1.165) is 66.3 Å². The molecule has 3 heterocycles. The van der Waals surface area contributed by atoms with Crippen molar-refractivity contribution >= 4 is 17.5 Å². The summed E-state index contributed by atoms with van der Waals surface area (Å²) in [4.78, 5) is 29.5. The largest absolute Gasteiger partial charge is 0.502 e. The van der Waals surface area contributed by atoms with E-state index in [1.165, 1.54) is 24.8 Å². The lowest BCUT2D eigenvalue weighted by molar-refractivity contribution is -0.157. The zero-order valence-electron chi connectivity index (χ0n) is 45.7. The SMILES string of the molecule is CCNCOc1cc(OC)c2c3c1[C@@H](O)Nc1cc4c(c(c1-3)CC2)[C@@H](O)[C@H](c1cc(OC)c(O)c(OC[C@H](CO)[C@]23C[C@H](C5(N6C(=O)C=CC6=O)CCCCC5)C[C@H]5[C@H]([C@H](CO)CCCO)C[C@H](C[C@H]52)c2ccccc23)c1)CO4. The minimum absolute atomic E-state index is 0.00650. The second-order valence-electron chi connectivity index (χ2n) is 23.8. The summed E-state index contributed by atoms with van der Waals surface area (Å²) >= 11 is 0. The molecule has 3 aliphatic heterocycles. The third-order valence-corrected chi connectivity index (χ3v) is 20.4. The first-order valence-corrected chi connectivity index (χ1v) is 29.0. The molecule has 5 aliphatic carbocycles. The van der Waals surface area contributed by atoms with Gasteiger partial charge in [-0.15, -0.1) is 0 Å². The number of carbonyl (C=O) groups is 2. The molecule has 16 heteroatoms. The van der Waals surface area contributed by atoms with E-state index >= 15 is 0 Å². The van der Waals surface area contributed by atoms with Gasteiger partial charge < -0.3 is 59.6 Å². The summed E-state index contributed by atoms with van der Waals surface area (Å²) in [5.74, 6) is 0.191. The van der Waals surface area contributed by atoms with Crippen LogP contribution in [-0.2, 0) is 27.8 Å². The van der Waals surface area contributed by atoms with Crippen molar-refractivity contribution in [3.05, 3.63) is 99.6 Å². The maximum absolute atomic E-state index is 14.0. The van der Waals surface area contributed by atoms with Gasteiger partial charge in [-0.2, -0.15) is 0 Å². The van der Waals surface area contributed by atoms with Crippen molar-refractivity contribution in [2.24, 2.45) is 35.5 Å². The molecular weight excluding hydrogens is 1010 g/mol. The van der Waals surface area contributed by atoms with Gasteiger partial charge >= 0.3 is 0 Å². The number of imide groups is 1. The number of nitrogens with one attached hydrogen (secondary N) is 2. The van der Waals surface area contributed by atoms with Crippen molar-refractivity contribution in [1.82, 2.24) is 10.2 Å². The summed E-state index contributed by atoms with van der Waals surface area (Å²) in [7, 11) is 3.10. The fourth-order valence-corrected chi connectivity index (χ4v) is 17.1. The number of rotatable bonds is 19. The molecule has 8 aliphatic rings. The zero-order chi connectivity index (χ0) is 54.9. The van der Waals surface area contributed by atoms with Crippen molar-refractivity contribution in [1.29, 1.82) is 0 Å². The standard InChI is InChI=1S/C63H77N3O13/c1-4-64-33-79-50-27-48(75-2)40-14-15-41-55-47(65-61(74)58(50)57(40)55)26-49-56(41)59(72)44(32-78-49)36-23-51(76-3)60(73)52(24-36)77-31-38(30-69)63-28-37(62(18-8-5-9-19-62)66-53(70)16-17-54(66)71)25-43-42(34(29-68)11-10-20-67)21-35(22-46(43)63)39-12-6-7-13-45(39)63/h6-7,12-13,16-17,23-24,26-27,34-35,37-38,42-44,46,59,61,64-65,67-69,72-74H,4-5,8-11,14-15,18-22,25,28-33H2,1-3H3/t34-,35+,37+,38-,42-,43-,44-,46+,59-,61+,63-/m0/s1. The third-order valence-electron chi connectivity index (χ3n) is 20.4. The van der Waals surface area contributed by atoms with Crippen LogP contribution in [0.4, 0.5) is 5.69 Å². The number of aliphatic hydroxyl groups excluding tert-OH is 5. The smallest absolute Gasteiger partial charge is 0.254 e. The number of amides is 2. The predicted octanol–water partition coefficient (Wildman–Crippen LogP) is 7.83. The summed E-state index contributed by atoms with van der Waals surface area (Å²) in [6, 6.07) is 15.7. The summed E-state index contributed by atoms with van der Waals surface area (Å²) in [5.41, 5.74) is 6.96. The Labute approximate surface area is 462 Å². The maximum Gasteiger partial charge on any atom is 0.254 e. The van der Waals surface area contributed by atoms with Gasteiger partial charge in [0, 0.05) is 82.7 Å². The first-order valence-electron chi connectivity index (χ1n) is 29.0. The molecule has 0 aromatic heterocycles. The Balaban J connectivity index is 0.921. The Morgan fingerprint density at radius 1 is 0.848 bits per heavy atom. The lowest BCUT2D eigenvalue weighted by Crippen LogP contribution is -2.65. The number of benzene rings is 4. The number of phenolic OH excluding ortho intramolecular Hbond substituents is 1. The molecule has 2 amide bonds. The molecule has 4 aromatic rings. The fraction of sp³-hybridized carbons (Fsp3) is 0.556. The van der Waals surface area contributed by atoms with E-state index in [1.54, 1.807) is 24.1 Å². The van der Waals surface area contributed by atoms with Gasteiger partial charge in [-0.1, -0.05) is 50.5 Å². The quantitative estimate of drug-likeness (QED) is 0.0254. The number of carbonyl (C=O) groups excluding carboxylic acids is 2. The first kappa shape index (κ1) is 53.7. The van der Waals surface area contributed by atoms with Crippen LogP contribution in [0.15, 0.2) is 60.7 Å². The lowest BCUT2D eigenvalue weighted by Gasteiger charge is -2.66. The topological polar surface area (TPSA) is 229 Å². The number of phenols is 1. The number of ether oxygens (including phenoxy) is 5. The van der Waals surface area contributed by atoms with Crippen LogP contribution in [0.3, 0.4) is 0 Å². The number of hydrogen-bond donors (Lipinski definition) is 8. The summed E-state index contributed by atoms with van der Waals surface area (Å²) in [5, 5.41) is 76.3. The van der Waals surface area contributed by atoms with E-state index in [0.29, 0.717) is 91.1 Å². The first-order chi connectivity index (χ1) is 38.4. The third kappa shape index (κ3) is 8.59. The van der Waals surface area contributed by atoms with Crippen molar-refractivity contribution in [3.63, 3.8) is 0 Å². The molecule has 3 saturated carbocycles. The van der Waals surface area contributed by atoms with E-state index in [1.807, 2.05) is 19.1 Å². The van der Waals surface area contributed by atoms with E-state index < -0.39 is 35.1 Å². The van der Waals surface area contributed by atoms with Gasteiger partial charge in [0.1, 0.15) is 24.0 Å². The van der Waals surface area contributed by atoms with Gasteiger partial charge in [0.2, 0.25) is 5.75 Å². The number of aromatic hydroxyl groups is 1. The Hall–Kier alpha value is -5.88. The van der Waals surface area contributed by atoms with Crippen LogP contribution in [0.2, 0.25) is 0 Å². The molecule has 12 rings (SSSR count). The van der Waals surface area contributed by atoms with Crippen LogP contribution in [0.5, 0.6) is 34.5 Å². The predicted molar refractivity (Wildman–Crippen MR) is 295 cm³/mol. The minimum Gasteiger partial charge on any atom is -0.502 e. The molecule has 2 bridgehead atoms. The molecule has 422 valence electrons. The van der Waals surface area contributed by atoms with Crippen molar-refractivity contribution in [2.45, 2.75) is 126 Å². The van der Waals surface area contributed by atoms with Gasteiger partial charge in [0.05, 0.1) is 51.2 Å². The summed E-state index contributed by atoms with van der Waals surface area (Å²) in [6.45, 7) is 2.75. The molecule has 0 unspecified atom stereocenters. The number of fused-ring (bicyclic) bond motifs is 6. The lowest BCUT2D eigenvalue weighted by atomic mass is 9.40. The van der Waals surface area contributed by atoms with E-state index in [4.69, 9.17) is 23.7 Å². The Bertz CT molecular complexity index is 3010. The van der Waals surface area contributed by atoms with Gasteiger partial charge in [0.25, 0.3) is 11.8 Å². The average Bonchev–Trinajstić information content (AvgIpc) is 3.16. The number of nitrogens with zero attached hydrogens (tertiary/aromatic N) is 1. The number of methoxy groups -OCH3 is 2. The molecular formula is C63H77N3O13. The van der Waals surface area contributed by atoms with Gasteiger partial charge in [-0.3, -0.25) is 19.8 Å². The highest BCUT2D eigenvalue weighted by molar-refractivity contribution is 6.13. The highest BCUT2D eigenvalue weighted by atomic mass is 16.5. The zero-order valence-corrected chi connectivity index (χ0v) is 45.7. The molecule has 0 radical (unpaired) electrons. The Morgan fingerprint density at radius 2 is 1.61 bits per heavy atom. The van der Waals surface area contributed by atoms with E-state index in [-0.39, 0.29) is 104 Å².